The highest BCUT2D eigenvalue weighted by Crippen LogP contribution is 2.30. The maximum Gasteiger partial charge on any atom is 0.295 e. The van der Waals surface area contributed by atoms with Crippen molar-refractivity contribution < 1.29 is 13.0 Å². The van der Waals surface area contributed by atoms with Crippen LogP contribution in [0, 0.1) is 0 Å². The third-order valence-corrected chi connectivity index (χ3v) is 4.39. The predicted octanol–water partition coefficient (Wildman–Crippen LogP) is 3.99. The molecule has 0 aliphatic rings. The van der Waals surface area contributed by atoms with E-state index in [4.69, 9.17) is 0 Å². The van der Waals surface area contributed by atoms with Gasteiger partial charge in [0.25, 0.3) is 10.1 Å². The zero-order valence-electron chi connectivity index (χ0n) is 11.9. The third kappa shape index (κ3) is 2.86. The van der Waals surface area contributed by atoms with Crippen molar-refractivity contribution in [2.45, 2.75) is 44.4 Å². The summed E-state index contributed by atoms with van der Waals surface area (Å²) in [6.45, 7) is 4.15. The SMILES string of the molecule is CCCc1ccc(CCC)c2c(S(=O)(=O)O)cccc12. The van der Waals surface area contributed by atoms with Crippen molar-refractivity contribution in [3.05, 3.63) is 41.5 Å². The van der Waals surface area contributed by atoms with E-state index in [2.05, 4.69) is 19.9 Å². The monoisotopic (exact) mass is 292 g/mol. The van der Waals surface area contributed by atoms with E-state index in [9.17, 15) is 13.0 Å². The van der Waals surface area contributed by atoms with Crippen LogP contribution in [0.15, 0.2) is 35.2 Å². The smallest absolute Gasteiger partial charge is 0.282 e. The summed E-state index contributed by atoms with van der Waals surface area (Å²) in [5, 5.41) is 1.62. The lowest BCUT2D eigenvalue weighted by Gasteiger charge is -2.13. The second-order valence-electron chi connectivity index (χ2n) is 5.04. The maximum absolute atomic E-state index is 11.6. The van der Waals surface area contributed by atoms with Gasteiger partial charge in [-0.25, -0.2) is 0 Å². The highest BCUT2D eigenvalue weighted by atomic mass is 32.2. The Hall–Kier alpha value is -1.39. The molecule has 0 heterocycles. The second-order valence-corrected chi connectivity index (χ2v) is 6.43. The summed E-state index contributed by atoms with van der Waals surface area (Å²) >= 11 is 0. The molecule has 0 aliphatic carbocycles. The van der Waals surface area contributed by atoms with E-state index < -0.39 is 10.1 Å². The highest BCUT2D eigenvalue weighted by molar-refractivity contribution is 7.86. The van der Waals surface area contributed by atoms with Crippen molar-refractivity contribution in [1.82, 2.24) is 0 Å². The summed E-state index contributed by atoms with van der Waals surface area (Å²) in [5.41, 5.74) is 2.11. The summed E-state index contributed by atoms with van der Waals surface area (Å²) in [6, 6.07) is 9.18. The van der Waals surface area contributed by atoms with Crippen molar-refractivity contribution in [3.8, 4) is 0 Å². The first-order chi connectivity index (χ1) is 9.49. The Labute approximate surface area is 120 Å². The van der Waals surface area contributed by atoms with E-state index in [1.807, 2.05) is 12.1 Å². The van der Waals surface area contributed by atoms with Crippen LogP contribution in [-0.2, 0) is 23.0 Å². The van der Waals surface area contributed by atoms with Gasteiger partial charge in [-0.2, -0.15) is 8.42 Å². The van der Waals surface area contributed by atoms with E-state index in [1.165, 1.54) is 6.07 Å². The number of rotatable bonds is 5. The van der Waals surface area contributed by atoms with Crippen LogP contribution in [0.1, 0.15) is 37.8 Å². The van der Waals surface area contributed by atoms with E-state index >= 15 is 0 Å². The molecule has 2 aromatic rings. The molecule has 2 aromatic carbocycles. The van der Waals surface area contributed by atoms with Crippen LogP contribution in [0.3, 0.4) is 0 Å². The van der Waals surface area contributed by atoms with E-state index in [0.29, 0.717) is 5.39 Å². The number of hydrogen-bond donors (Lipinski definition) is 1. The van der Waals surface area contributed by atoms with Gasteiger partial charge in [-0.1, -0.05) is 51.0 Å². The fourth-order valence-corrected chi connectivity index (χ4v) is 3.43. The van der Waals surface area contributed by atoms with Gasteiger partial charge in [0.05, 0.1) is 0 Å². The molecule has 2 rings (SSSR count). The number of fused-ring (bicyclic) bond motifs is 1. The number of aryl methyl sites for hydroxylation is 2. The molecule has 4 heteroatoms. The number of hydrogen-bond acceptors (Lipinski definition) is 2. The summed E-state index contributed by atoms with van der Waals surface area (Å²) in [5.74, 6) is 0. The molecular formula is C16H20O3S. The Morgan fingerprint density at radius 1 is 0.950 bits per heavy atom. The number of benzene rings is 2. The lowest BCUT2D eigenvalue weighted by molar-refractivity contribution is 0.484. The zero-order valence-corrected chi connectivity index (χ0v) is 12.7. The molecule has 0 bridgehead atoms. The Kier molecular flexibility index (Phi) is 4.45. The predicted molar refractivity (Wildman–Crippen MR) is 81.8 cm³/mol. The van der Waals surface area contributed by atoms with Crippen molar-refractivity contribution in [3.63, 3.8) is 0 Å². The van der Waals surface area contributed by atoms with E-state index in [1.54, 1.807) is 6.07 Å². The quantitative estimate of drug-likeness (QED) is 0.848. The van der Waals surface area contributed by atoms with Crippen molar-refractivity contribution in [2.75, 3.05) is 0 Å². The van der Waals surface area contributed by atoms with Gasteiger partial charge in [0, 0.05) is 5.39 Å². The molecule has 0 aliphatic heterocycles. The molecular weight excluding hydrogens is 272 g/mol. The van der Waals surface area contributed by atoms with Gasteiger partial charge in [0.1, 0.15) is 4.90 Å². The lowest BCUT2D eigenvalue weighted by Crippen LogP contribution is -2.02. The Morgan fingerprint density at radius 2 is 1.55 bits per heavy atom. The Balaban J connectivity index is 2.85. The van der Waals surface area contributed by atoms with Crippen molar-refractivity contribution in [2.24, 2.45) is 0 Å². The third-order valence-electron chi connectivity index (χ3n) is 3.50. The van der Waals surface area contributed by atoms with Gasteiger partial charge < -0.3 is 0 Å². The molecule has 0 unspecified atom stereocenters. The van der Waals surface area contributed by atoms with Crippen LogP contribution < -0.4 is 0 Å². The zero-order chi connectivity index (χ0) is 14.8. The fraction of sp³-hybridized carbons (Fsp3) is 0.375. The molecule has 20 heavy (non-hydrogen) atoms. The first-order valence-electron chi connectivity index (χ1n) is 7.00. The van der Waals surface area contributed by atoms with Crippen LogP contribution in [-0.4, -0.2) is 13.0 Å². The maximum atomic E-state index is 11.6. The summed E-state index contributed by atoms with van der Waals surface area (Å²) in [4.78, 5) is 0.0244. The molecule has 0 atom stereocenters. The van der Waals surface area contributed by atoms with Crippen molar-refractivity contribution >= 4 is 20.9 Å². The van der Waals surface area contributed by atoms with E-state index in [0.717, 1.165) is 42.2 Å². The first kappa shape index (κ1) is 15.0. The Bertz CT molecular complexity index is 718. The van der Waals surface area contributed by atoms with Crippen LogP contribution >= 0.6 is 0 Å². The molecule has 0 radical (unpaired) electrons. The Morgan fingerprint density at radius 3 is 2.15 bits per heavy atom. The normalized spacial score (nSPS) is 11.9. The van der Waals surface area contributed by atoms with Gasteiger partial charge in [0.2, 0.25) is 0 Å². The summed E-state index contributed by atoms with van der Waals surface area (Å²) in [7, 11) is -4.20. The van der Waals surface area contributed by atoms with Gasteiger partial charge >= 0.3 is 0 Å². The second kappa shape index (κ2) is 5.94. The molecule has 0 fully saturated rings. The average Bonchev–Trinajstić information content (AvgIpc) is 2.40. The van der Waals surface area contributed by atoms with Crippen LogP contribution in [0.5, 0.6) is 0 Å². The molecule has 0 saturated carbocycles. The van der Waals surface area contributed by atoms with Crippen LogP contribution in [0.4, 0.5) is 0 Å². The van der Waals surface area contributed by atoms with E-state index in [-0.39, 0.29) is 4.90 Å². The van der Waals surface area contributed by atoms with Gasteiger partial charge in [0.15, 0.2) is 0 Å². The van der Waals surface area contributed by atoms with Crippen LogP contribution in [0.25, 0.3) is 10.8 Å². The van der Waals surface area contributed by atoms with Gasteiger partial charge in [-0.15, -0.1) is 0 Å². The fourth-order valence-electron chi connectivity index (χ4n) is 2.68. The first-order valence-corrected chi connectivity index (χ1v) is 8.44. The topological polar surface area (TPSA) is 54.4 Å². The van der Waals surface area contributed by atoms with Crippen molar-refractivity contribution in [1.29, 1.82) is 0 Å². The lowest BCUT2D eigenvalue weighted by atomic mass is 9.95. The summed E-state index contributed by atoms with van der Waals surface area (Å²) < 4.78 is 32.7. The minimum Gasteiger partial charge on any atom is -0.282 e. The highest BCUT2D eigenvalue weighted by Gasteiger charge is 2.17. The van der Waals surface area contributed by atoms with Gasteiger partial charge in [-0.05, 0) is 35.4 Å². The van der Waals surface area contributed by atoms with Gasteiger partial charge in [-0.3, -0.25) is 4.55 Å². The molecule has 0 aromatic heterocycles. The molecule has 3 nitrogen and oxygen atoms in total. The van der Waals surface area contributed by atoms with Crippen LogP contribution in [0.2, 0.25) is 0 Å². The minimum atomic E-state index is -4.20. The molecule has 0 spiro atoms. The standard InChI is InChI=1S/C16H20O3S/c1-3-6-12-10-11-13(7-4-2)16-14(12)8-5-9-15(16)20(17,18)19/h5,8-11H,3-4,6-7H2,1-2H3,(H,17,18,19). The average molecular weight is 292 g/mol. The largest absolute Gasteiger partial charge is 0.295 e. The molecule has 0 saturated heterocycles. The molecule has 1 N–H and O–H groups in total. The minimum absolute atomic E-state index is 0.0244. The molecule has 108 valence electrons. The summed E-state index contributed by atoms with van der Waals surface area (Å²) in [6.07, 6.45) is 3.63. The molecule has 0 amide bonds.